The minimum Gasteiger partial charge on any atom is -0.352 e. The van der Waals surface area contributed by atoms with Gasteiger partial charge in [-0.15, -0.1) is 0 Å². The van der Waals surface area contributed by atoms with Crippen LogP contribution in [0.3, 0.4) is 0 Å². The molecule has 110 valence electrons. The van der Waals surface area contributed by atoms with E-state index in [-0.39, 0.29) is 11.0 Å². The van der Waals surface area contributed by atoms with Crippen molar-refractivity contribution in [3.63, 3.8) is 0 Å². The Labute approximate surface area is 125 Å². The van der Waals surface area contributed by atoms with Crippen molar-refractivity contribution in [2.75, 3.05) is 0 Å². The molecule has 2 N–H and O–H groups in total. The molecule has 0 bridgehead atoms. The van der Waals surface area contributed by atoms with Crippen LogP contribution in [0.2, 0.25) is 0 Å². The SMILES string of the molecule is C=c1c2c(C)cc(=C3CC3)[nH]c=2c(=O)c2[nH]c(=O)cc(C)c12. The Morgan fingerprint density at radius 3 is 2.45 bits per heavy atom. The fourth-order valence-corrected chi connectivity index (χ4v) is 3.30. The lowest BCUT2D eigenvalue weighted by molar-refractivity contribution is 1.10. The lowest BCUT2D eigenvalue weighted by Gasteiger charge is -2.06. The molecule has 4 heteroatoms. The number of aromatic nitrogens is 2. The Bertz CT molecular complexity index is 1240. The quantitative estimate of drug-likeness (QED) is 0.647. The van der Waals surface area contributed by atoms with Crippen molar-refractivity contribution in [2.24, 2.45) is 0 Å². The molecule has 4 nitrogen and oxygen atoms in total. The molecule has 22 heavy (non-hydrogen) atoms. The van der Waals surface area contributed by atoms with Crippen LogP contribution >= 0.6 is 0 Å². The van der Waals surface area contributed by atoms with E-state index in [9.17, 15) is 9.59 Å². The van der Waals surface area contributed by atoms with Gasteiger partial charge in [0.1, 0.15) is 0 Å². The molecule has 0 unspecified atom stereocenters. The molecule has 4 rings (SSSR count). The topological polar surface area (TPSA) is 65.7 Å². The van der Waals surface area contributed by atoms with Gasteiger partial charge in [-0.2, -0.15) is 0 Å². The highest BCUT2D eigenvalue weighted by Crippen LogP contribution is 2.27. The zero-order valence-corrected chi connectivity index (χ0v) is 12.6. The maximum atomic E-state index is 12.9. The minimum absolute atomic E-state index is 0.163. The van der Waals surface area contributed by atoms with E-state index in [2.05, 4.69) is 22.6 Å². The van der Waals surface area contributed by atoms with Crippen LogP contribution < -0.4 is 21.6 Å². The van der Waals surface area contributed by atoms with Gasteiger partial charge >= 0.3 is 0 Å². The monoisotopic (exact) mass is 292 g/mol. The van der Waals surface area contributed by atoms with Crippen LogP contribution in [0.5, 0.6) is 0 Å². The largest absolute Gasteiger partial charge is 0.352 e. The summed E-state index contributed by atoms with van der Waals surface area (Å²) in [6, 6.07) is 3.60. The average molecular weight is 292 g/mol. The predicted octanol–water partition coefficient (Wildman–Crippen LogP) is 0.913. The number of aromatic amines is 2. The van der Waals surface area contributed by atoms with Crippen molar-refractivity contribution in [3.05, 3.63) is 65.0 Å². The van der Waals surface area contributed by atoms with Crippen LogP contribution in [0.25, 0.3) is 23.1 Å². The van der Waals surface area contributed by atoms with Gasteiger partial charge in [0.15, 0.2) is 0 Å². The zero-order chi connectivity index (χ0) is 15.6. The summed E-state index contributed by atoms with van der Waals surface area (Å²) in [5.41, 5.74) is 3.08. The molecule has 3 aliphatic rings. The summed E-state index contributed by atoms with van der Waals surface area (Å²) in [6.45, 7) is 8.01. The molecular formula is C18H16N2O2. The number of hydrogen-bond donors (Lipinski definition) is 2. The van der Waals surface area contributed by atoms with E-state index in [0.29, 0.717) is 10.9 Å². The summed E-state index contributed by atoms with van der Waals surface area (Å²) in [4.78, 5) is 30.5. The molecule has 0 radical (unpaired) electrons. The highest BCUT2D eigenvalue weighted by Gasteiger charge is 2.14. The highest BCUT2D eigenvalue weighted by atomic mass is 16.1. The van der Waals surface area contributed by atoms with Gasteiger partial charge in [-0.25, -0.2) is 0 Å². The van der Waals surface area contributed by atoms with Crippen LogP contribution in [0.1, 0.15) is 24.0 Å². The maximum Gasteiger partial charge on any atom is 0.248 e. The van der Waals surface area contributed by atoms with Gasteiger partial charge in [0, 0.05) is 22.0 Å². The molecule has 0 amide bonds. The standard InChI is InChI=1S/C18H16N2O2/c1-8-6-12(11-4-5-11)19-16-14(8)10(3)15-9(2)7-13(21)20-17(15)18(16)22/h6-7,19H,3-5H2,1-2H3,(H,20,21). The van der Waals surface area contributed by atoms with Crippen molar-refractivity contribution >= 4 is 23.1 Å². The summed E-state index contributed by atoms with van der Waals surface area (Å²) in [7, 11) is 0. The van der Waals surface area contributed by atoms with E-state index in [4.69, 9.17) is 0 Å². The number of nitrogens with one attached hydrogen (secondary N) is 2. The van der Waals surface area contributed by atoms with E-state index < -0.39 is 0 Å². The van der Waals surface area contributed by atoms with Crippen molar-refractivity contribution in [2.45, 2.75) is 26.7 Å². The summed E-state index contributed by atoms with van der Waals surface area (Å²) in [6.07, 6.45) is 2.16. The highest BCUT2D eigenvalue weighted by molar-refractivity contribution is 5.82. The molecule has 0 aromatic carbocycles. The first kappa shape index (κ1) is 13.1. The normalized spacial score (nSPS) is 14.0. The molecule has 1 fully saturated rings. The Balaban J connectivity index is 2.45. The average Bonchev–Trinajstić information content (AvgIpc) is 3.27. The third kappa shape index (κ3) is 1.70. The Morgan fingerprint density at radius 2 is 1.77 bits per heavy atom. The summed E-state index contributed by atoms with van der Waals surface area (Å²) in [5.74, 6) is 0. The number of hydrogen-bond acceptors (Lipinski definition) is 2. The molecule has 2 aliphatic carbocycles. The zero-order valence-electron chi connectivity index (χ0n) is 12.6. The second-order valence-corrected chi connectivity index (χ2v) is 6.09. The van der Waals surface area contributed by atoms with Gasteiger partial charge < -0.3 is 9.97 Å². The fraction of sp³-hybridized carbons (Fsp3) is 0.222. The summed E-state index contributed by atoms with van der Waals surface area (Å²) >= 11 is 0. The van der Waals surface area contributed by atoms with Crippen LogP contribution in [0.15, 0.2) is 21.7 Å². The molecular weight excluding hydrogens is 276 g/mol. The van der Waals surface area contributed by atoms with Crippen molar-refractivity contribution in [1.82, 2.24) is 9.97 Å². The third-order valence-electron chi connectivity index (χ3n) is 4.44. The van der Waals surface area contributed by atoms with Crippen LogP contribution in [0.4, 0.5) is 0 Å². The van der Waals surface area contributed by atoms with Crippen molar-refractivity contribution in [1.29, 1.82) is 0 Å². The van der Waals surface area contributed by atoms with E-state index in [1.807, 2.05) is 13.8 Å². The first-order chi connectivity index (χ1) is 10.5. The molecule has 2 heterocycles. The summed E-state index contributed by atoms with van der Waals surface area (Å²) in [5, 5.41) is 3.96. The number of H-pyrrole nitrogens is 2. The van der Waals surface area contributed by atoms with Crippen molar-refractivity contribution < 1.29 is 0 Å². The van der Waals surface area contributed by atoms with E-state index in [0.717, 1.165) is 45.1 Å². The molecule has 1 saturated carbocycles. The summed E-state index contributed by atoms with van der Waals surface area (Å²) < 4.78 is 0. The smallest absolute Gasteiger partial charge is 0.248 e. The lowest BCUT2D eigenvalue weighted by atomic mass is 10.0. The van der Waals surface area contributed by atoms with Gasteiger partial charge in [0.05, 0.1) is 10.9 Å². The number of rotatable bonds is 0. The second-order valence-electron chi connectivity index (χ2n) is 6.09. The Kier molecular flexibility index (Phi) is 2.49. The fourth-order valence-electron chi connectivity index (χ4n) is 3.30. The first-order valence-corrected chi connectivity index (χ1v) is 7.37. The van der Waals surface area contributed by atoms with E-state index >= 15 is 0 Å². The Hall–Kier alpha value is -2.62. The van der Waals surface area contributed by atoms with Gasteiger partial charge in [0.2, 0.25) is 11.0 Å². The third-order valence-corrected chi connectivity index (χ3v) is 4.44. The number of pyridine rings is 1. The van der Waals surface area contributed by atoms with Gasteiger partial charge in [-0.05, 0) is 54.7 Å². The number of fused-ring (bicyclic) bond motifs is 1. The second kappa shape index (κ2) is 4.19. The first-order valence-electron chi connectivity index (χ1n) is 7.37. The van der Waals surface area contributed by atoms with Gasteiger partial charge in [-0.1, -0.05) is 6.58 Å². The molecule has 0 saturated heterocycles. The molecule has 1 aromatic rings. The maximum absolute atomic E-state index is 12.9. The van der Waals surface area contributed by atoms with Gasteiger partial charge in [0.25, 0.3) is 0 Å². The number of aryl methyl sites for hydroxylation is 2. The van der Waals surface area contributed by atoms with Gasteiger partial charge in [-0.3, -0.25) is 9.59 Å². The van der Waals surface area contributed by atoms with Crippen LogP contribution in [0, 0.1) is 24.4 Å². The van der Waals surface area contributed by atoms with Crippen LogP contribution in [-0.4, -0.2) is 9.97 Å². The Morgan fingerprint density at radius 1 is 1.05 bits per heavy atom. The van der Waals surface area contributed by atoms with E-state index in [1.54, 1.807) is 0 Å². The van der Waals surface area contributed by atoms with Crippen molar-refractivity contribution in [3.8, 4) is 0 Å². The molecule has 1 aromatic heterocycles. The molecule has 0 spiro atoms. The molecule has 1 aliphatic heterocycles. The minimum atomic E-state index is -0.259. The molecule has 0 atom stereocenters. The van der Waals surface area contributed by atoms with Crippen LogP contribution in [-0.2, 0) is 0 Å². The predicted molar refractivity (Wildman–Crippen MR) is 87.4 cm³/mol. The lowest BCUT2D eigenvalue weighted by Crippen LogP contribution is -2.25. The van der Waals surface area contributed by atoms with E-state index in [1.165, 1.54) is 11.6 Å².